The number of aliphatic hydroxyl groups excluding tert-OH is 1. The normalized spacial score (nSPS) is 19.9. The van der Waals surface area contributed by atoms with Crippen LogP contribution in [-0.4, -0.2) is 48.7 Å². The number of piperidine rings is 1. The number of ether oxygens (including phenoxy) is 2. The fourth-order valence-electron chi connectivity index (χ4n) is 3.86. The second-order valence-corrected chi connectivity index (χ2v) is 6.86. The summed E-state index contributed by atoms with van der Waals surface area (Å²) in [5, 5.41) is 19.9. The maximum Gasteiger partial charge on any atom is 0.162 e. The van der Waals surface area contributed by atoms with Crippen molar-refractivity contribution < 1.29 is 14.6 Å². The Hall–Kier alpha value is -2.86. The van der Waals surface area contributed by atoms with E-state index in [0.717, 1.165) is 29.6 Å². The third-order valence-electron chi connectivity index (χ3n) is 5.16. The van der Waals surface area contributed by atoms with Gasteiger partial charge in [-0.2, -0.15) is 10.2 Å². The first kappa shape index (κ1) is 17.5. The van der Waals surface area contributed by atoms with Crippen LogP contribution in [0.1, 0.15) is 17.9 Å². The molecular weight excluding hydrogens is 342 g/mol. The minimum absolute atomic E-state index is 0.262. The van der Waals surface area contributed by atoms with Gasteiger partial charge in [0.2, 0.25) is 0 Å². The summed E-state index contributed by atoms with van der Waals surface area (Å²) in [7, 11) is 3.22. The number of fused-ring (bicyclic) bond motifs is 1. The van der Waals surface area contributed by atoms with E-state index in [-0.39, 0.29) is 5.92 Å². The molecule has 0 radical (unpaired) electrons. The molecule has 140 valence electrons. The van der Waals surface area contributed by atoms with Crippen molar-refractivity contribution in [2.24, 2.45) is 0 Å². The molecule has 1 aliphatic heterocycles. The van der Waals surface area contributed by atoms with E-state index < -0.39 is 6.10 Å². The van der Waals surface area contributed by atoms with Gasteiger partial charge in [-0.15, -0.1) is 0 Å². The van der Waals surface area contributed by atoms with Crippen LogP contribution in [0, 0.1) is 0 Å². The Bertz CT molecular complexity index is 933. The standard InChI is InChI=1S/C21H23N3O3/c1-26-20-9-17-18(10-21(20)27-2)23-22-11-19(17)24-12-15(8-16(25)13-24)14-6-4-3-5-7-14/h3-7,9-11,15-16,25H,8,12-13H2,1-2H3. The number of anilines is 1. The number of β-amino-alcohol motifs (C(OH)–C–C–N with tert-alkyl or cyclic N) is 1. The monoisotopic (exact) mass is 365 g/mol. The van der Waals surface area contributed by atoms with Gasteiger partial charge in [-0.05, 0) is 18.1 Å². The predicted octanol–water partition coefficient (Wildman–Crippen LogP) is 3.00. The molecule has 0 saturated carbocycles. The van der Waals surface area contributed by atoms with Gasteiger partial charge in [-0.3, -0.25) is 0 Å². The van der Waals surface area contributed by atoms with Crippen molar-refractivity contribution >= 4 is 16.6 Å². The van der Waals surface area contributed by atoms with Crippen molar-refractivity contribution in [3.8, 4) is 11.5 Å². The van der Waals surface area contributed by atoms with Crippen LogP contribution < -0.4 is 14.4 Å². The van der Waals surface area contributed by atoms with Gasteiger partial charge < -0.3 is 19.5 Å². The van der Waals surface area contributed by atoms with Gasteiger partial charge in [0.1, 0.15) is 0 Å². The van der Waals surface area contributed by atoms with Gasteiger partial charge in [0, 0.05) is 30.5 Å². The molecule has 1 fully saturated rings. The Morgan fingerprint density at radius 1 is 1.04 bits per heavy atom. The number of rotatable bonds is 4. The Balaban J connectivity index is 1.74. The average molecular weight is 365 g/mol. The molecule has 4 rings (SSSR count). The average Bonchev–Trinajstić information content (AvgIpc) is 2.72. The first-order valence-electron chi connectivity index (χ1n) is 9.05. The number of nitrogens with zero attached hydrogens (tertiary/aromatic N) is 3. The summed E-state index contributed by atoms with van der Waals surface area (Å²) in [6.07, 6.45) is 2.12. The maximum absolute atomic E-state index is 10.5. The molecule has 3 aromatic rings. The SMILES string of the molecule is COc1cc2nncc(N3CC(O)CC(c4ccccc4)C3)c2cc1OC. The summed E-state index contributed by atoms with van der Waals surface area (Å²) in [6, 6.07) is 14.1. The van der Waals surface area contributed by atoms with E-state index in [4.69, 9.17) is 9.47 Å². The second-order valence-electron chi connectivity index (χ2n) is 6.86. The highest BCUT2D eigenvalue weighted by molar-refractivity contribution is 5.93. The molecule has 1 saturated heterocycles. The van der Waals surface area contributed by atoms with E-state index in [2.05, 4.69) is 27.2 Å². The van der Waals surface area contributed by atoms with Crippen LogP contribution in [0.5, 0.6) is 11.5 Å². The van der Waals surface area contributed by atoms with Gasteiger partial charge in [-0.1, -0.05) is 30.3 Å². The number of hydrogen-bond acceptors (Lipinski definition) is 6. The van der Waals surface area contributed by atoms with Crippen molar-refractivity contribution in [3.05, 3.63) is 54.2 Å². The predicted molar refractivity (Wildman–Crippen MR) is 105 cm³/mol. The lowest BCUT2D eigenvalue weighted by Crippen LogP contribution is -2.42. The number of aliphatic hydroxyl groups is 1. The van der Waals surface area contributed by atoms with E-state index in [0.29, 0.717) is 18.0 Å². The van der Waals surface area contributed by atoms with E-state index >= 15 is 0 Å². The van der Waals surface area contributed by atoms with Gasteiger partial charge in [-0.25, -0.2) is 0 Å². The van der Waals surface area contributed by atoms with Crippen LogP contribution in [0.15, 0.2) is 48.7 Å². The molecule has 2 unspecified atom stereocenters. The Morgan fingerprint density at radius 3 is 2.52 bits per heavy atom. The third-order valence-corrected chi connectivity index (χ3v) is 5.16. The van der Waals surface area contributed by atoms with Crippen LogP contribution in [0.25, 0.3) is 10.9 Å². The first-order chi connectivity index (χ1) is 13.2. The van der Waals surface area contributed by atoms with Crippen molar-refractivity contribution in [3.63, 3.8) is 0 Å². The lowest BCUT2D eigenvalue weighted by atomic mass is 9.89. The van der Waals surface area contributed by atoms with Crippen LogP contribution in [-0.2, 0) is 0 Å². The number of hydrogen-bond donors (Lipinski definition) is 1. The molecule has 2 aromatic carbocycles. The van der Waals surface area contributed by atoms with E-state index in [1.807, 2.05) is 30.3 Å². The van der Waals surface area contributed by atoms with Gasteiger partial charge >= 0.3 is 0 Å². The summed E-state index contributed by atoms with van der Waals surface area (Å²) >= 11 is 0. The van der Waals surface area contributed by atoms with Gasteiger partial charge in [0.25, 0.3) is 0 Å². The molecule has 0 bridgehead atoms. The number of aromatic nitrogens is 2. The second kappa shape index (κ2) is 7.40. The van der Waals surface area contributed by atoms with E-state index in [1.165, 1.54) is 5.56 Å². The largest absolute Gasteiger partial charge is 0.493 e. The van der Waals surface area contributed by atoms with Crippen molar-refractivity contribution in [2.45, 2.75) is 18.4 Å². The topological polar surface area (TPSA) is 67.7 Å². The number of methoxy groups -OCH3 is 2. The van der Waals surface area contributed by atoms with Crippen LogP contribution >= 0.6 is 0 Å². The molecule has 0 aliphatic carbocycles. The lowest BCUT2D eigenvalue weighted by Gasteiger charge is -2.37. The summed E-state index contributed by atoms with van der Waals surface area (Å²) in [5.74, 6) is 1.53. The zero-order valence-electron chi connectivity index (χ0n) is 15.5. The van der Waals surface area contributed by atoms with E-state index in [1.54, 1.807) is 20.4 Å². The van der Waals surface area contributed by atoms with E-state index in [9.17, 15) is 5.11 Å². The van der Waals surface area contributed by atoms with Crippen LogP contribution in [0.3, 0.4) is 0 Å². The molecule has 1 aromatic heterocycles. The minimum Gasteiger partial charge on any atom is -0.493 e. The summed E-state index contributed by atoms with van der Waals surface area (Å²) < 4.78 is 10.8. The molecule has 1 aliphatic rings. The summed E-state index contributed by atoms with van der Waals surface area (Å²) in [4.78, 5) is 2.19. The smallest absolute Gasteiger partial charge is 0.162 e. The van der Waals surface area contributed by atoms with Crippen molar-refractivity contribution in [1.29, 1.82) is 0 Å². The molecule has 2 heterocycles. The molecule has 27 heavy (non-hydrogen) atoms. The van der Waals surface area contributed by atoms with Gasteiger partial charge in [0.15, 0.2) is 11.5 Å². The number of benzene rings is 2. The molecule has 0 amide bonds. The minimum atomic E-state index is -0.396. The fraction of sp³-hybridized carbons (Fsp3) is 0.333. The van der Waals surface area contributed by atoms with Crippen molar-refractivity contribution in [1.82, 2.24) is 10.2 Å². The third kappa shape index (κ3) is 3.40. The van der Waals surface area contributed by atoms with Crippen LogP contribution in [0.2, 0.25) is 0 Å². The quantitative estimate of drug-likeness (QED) is 0.767. The van der Waals surface area contributed by atoms with Gasteiger partial charge in [0.05, 0.1) is 37.7 Å². The highest BCUT2D eigenvalue weighted by atomic mass is 16.5. The molecule has 1 N–H and O–H groups in total. The molecule has 6 nitrogen and oxygen atoms in total. The zero-order valence-corrected chi connectivity index (χ0v) is 15.5. The zero-order chi connectivity index (χ0) is 18.8. The maximum atomic E-state index is 10.5. The molecular formula is C21H23N3O3. The summed E-state index contributed by atoms with van der Waals surface area (Å²) in [5.41, 5.74) is 2.92. The highest BCUT2D eigenvalue weighted by Crippen LogP contribution is 2.37. The Morgan fingerprint density at radius 2 is 1.78 bits per heavy atom. The first-order valence-corrected chi connectivity index (χ1v) is 9.05. The Labute approximate surface area is 158 Å². The fourth-order valence-corrected chi connectivity index (χ4v) is 3.86. The summed E-state index contributed by atoms with van der Waals surface area (Å²) in [6.45, 7) is 1.38. The van der Waals surface area contributed by atoms with Crippen LogP contribution in [0.4, 0.5) is 5.69 Å². The molecule has 2 atom stereocenters. The lowest BCUT2D eigenvalue weighted by molar-refractivity contribution is 0.144. The highest BCUT2D eigenvalue weighted by Gasteiger charge is 2.28. The molecule has 6 heteroatoms. The molecule has 0 spiro atoms. The van der Waals surface area contributed by atoms with Crippen molar-refractivity contribution in [2.75, 3.05) is 32.2 Å². The Kier molecular flexibility index (Phi) is 4.81.